The van der Waals surface area contributed by atoms with Gasteiger partial charge in [0.05, 0.1) is 0 Å². The first kappa shape index (κ1) is 11.4. The molecule has 0 bridgehead atoms. The molecule has 0 saturated heterocycles. The molecule has 0 aromatic heterocycles. The third kappa shape index (κ3) is 2.53. The van der Waals surface area contributed by atoms with Gasteiger partial charge in [-0.25, -0.2) is 0 Å². The number of hydrogen-bond donors (Lipinski definition) is 1. The first-order valence-electron chi connectivity index (χ1n) is 6.18. The van der Waals surface area contributed by atoms with Gasteiger partial charge in [0, 0.05) is 6.04 Å². The highest BCUT2D eigenvalue weighted by Crippen LogP contribution is 2.26. The molecule has 1 aliphatic rings. The van der Waals surface area contributed by atoms with Crippen molar-refractivity contribution in [1.82, 2.24) is 0 Å². The highest BCUT2D eigenvalue weighted by Gasteiger charge is 2.13. The number of benzene rings is 1. The Morgan fingerprint density at radius 1 is 1.25 bits per heavy atom. The normalized spacial score (nSPS) is 23.7. The molecular formula is C15H21N. The van der Waals surface area contributed by atoms with Crippen LogP contribution in [0.1, 0.15) is 42.4 Å². The van der Waals surface area contributed by atoms with Crippen molar-refractivity contribution >= 4 is 6.08 Å². The van der Waals surface area contributed by atoms with Gasteiger partial charge in [-0.05, 0) is 56.2 Å². The lowest BCUT2D eigenvalue weighted by Gasteiger charge is -2.21. The van der Waals surface area contributed by atoms with Crippen molar-refractivity contribution in [3.05, 3.63) is 40.5 Å². The summed E-state index contributed by atoms with van der Waals surface area (Å²) in [7, 11) is 0. The van der Waals surface area contributed by atoms with Gasteiger partial charge in [-0.1, -0.05) is 29.8 Å². The molecule has 1 aromatic carbocycles. The quantitative estimate of drug-likeness (QED) is 0.761. The molecule has 1 fully saturated rings. The maximum absolute atomic E-state index is 6.01. The van der Waals surface area contributed by atoms with Gasteiger partial charge >= 0.3 is 0 Å². The van der Waals surface area contributed by atoms with Crippen LogP contribution in [0.15, 0.2) is 23.8 Å². The monoisotopic (exact) mass is 215 g/mol. The summed E-state index contributed by atoms with van der Waals surface area (Å²) in [5.41, 5.74) is 11.7. The van der Waals surface area contributed by atoms with Crippen molar-refractivity contribution in [3.63, 3.8) is 0 Å². The van der Waals surface area contributed by atoms with E-state index in [-0.39, 0.29) is 0 Å². The molecule has 1 saturated carbocycles. The molecule has 2 rings (SSSR count). The Hall–Kier alpha value is -1.08. The number of rotatable bonds is 1. The van der Waals surface area contributed by atoms with Crippen molar-refractivity contribution < 1.29 is 0 Å². The minimum absolute atomic E-state index is 0.379. The summed E-state index contributed by atoms with van der Waals surface area (Å²) in [5.74, 6) is 0. The molecule has 1 aromatic rings. The molecule has 0 spiro atoms. The third-order valence-corrected chi connectivity index (χ3v) is 3.49. The van der Waals surface area contributed by atoms with Crippen molar-refractivity contribution in [1.29, 1.82) is 0 Å². The average molecular weight is 215 g/mol. The fourth-order valence-corrected chi connectivity index (χ4v) is 2.52. The molecule has 1 unspecified atom stereocenters. The van der Waals surface area contributed by atoms with E-state index in [4.69, 9.17) is 5.73 Å². The van der Waals surface area contributed by atoms with Crippen molar-refractivity contribution in [2.45, 2.75) is 45.6 Å². The van der Waals surface area contributed by atoms with Crippen molar-refractivity contribution in [3.8, 4) is 0 Å². The molecule has 0 aliphatic heterocycles. The second-order valence-electron chi connectivity index (χ2n) is 4.96. The van der Waals surface area contributed by atoms with Crippen LogP contribution < -0.4 is 5.73 Å². The summed E-state index contributed by atoms with van der Waals surface area (Å²) in [6.07, 6.45) is 7.10. The van der Waals surface area contributed by atoms with E-state index in [1.165, 1.54) is 41.5 Å². The van der Waals surface area contributed by atoms with Gasteiger partial charge in [-0.3, -0.25) is 0 Å². The van der Waals surface area contributed by atoms with Crippen LogP contribution in [0.3, 0.4) is 0 Å². The predicted molar refractivity (Wildman–Crippen MR) is 70.3 cm³/mol. The average Bonchev–Trinajstić information content (AvgIpc) is 2.24. The summed E-state index contributed by atoms with van der Waals surface area (Å²) in [4.78, 5) is 0. The highest BCUT2D eigenvalue weighted by molar-refractivity contribution is 5.60. The predicted octanol–water partition coefficient (Wildman–Crippen LogP) is 3.59. The van der Waals surface area contributed by atoms with Gasteiger partial charge in [0.2, 0.25) is 0 Å². The summed E-state index contributed by atoms with van der Waals surface area (Å²) >= 11 is 0. The van der Waals surface area contributed by atoms with Crippen LogP contribution in [0.25, 0.3) is 6.08 Å². The second kappa shape index (κ2) is 4.84. The van der Waals surface area contributed by atoms with Crippen LogP contribution in [-0.2, 0) is 0 Å². The Balaban J connectivity index is 2.28. The van der Waals surface area contributed by atoms with E-state index in [0.717, 1.165) is 6.42 Å². The van der Waals surface area contributed by atoms with Gasteiger partial charge in [0.25, 0.3) is 0 Å². The van der Waals surface area contributed by atoms with Gasteiger partial charge in [0.15, 0.2) is 0 Å². The fraction of sp³-hybridized carbons (Fsp3) is 0.467. The molecule has 16 heavy (non-hydrogen) atoms. The minimum Gasteiger partial charge on any atom is -0.327 e. The number of hydrogen-bond acceptors (Lipinski definition) is 1. The molecule has 0 amide bonds. The van der Waals surface area contributed by atoms with E-state index >= 15 is 0 Å². The lowest BCUT2D eigenvalue weighted by atomic mass is 9.88. The molecule has 86 valence electrons. The highest BCUT2D eigenvalue weighted by atomic mass is 14.6. The van der Waals surface area contributed by atoms with Crippen LogP contribution in [0.4, 0.5) is 0 Å². The molecule has 0 radical (unpaired) electrons. The minimum atomic E-state index is 0.379. The molecule has 1 heteroatoms. The van der Waals surface area contributed by atoms with Gasteiger partial charge in [-0.2, -0.15) is 0 Å². The topological polar surface area (TPSA) is 26.0 Å². The molecule has 2 N–H and O–H groups in total. The maximum Gasteiger partial charge on any atom is 0.00763 e. The molecule has 1 nitrogen and oxygen atoms in total. The van der Waals surface area contributed by atoms with E-state index in [0.29, 0.717) is 6.04 Å². The third-order valence-electron chi connectivity index (χ3n) is 3.49. The summed E-state index contributed by atoms with van der Waals surface area (Å²) in [5, 5.41) is 0. The maximum atomic E-state index is 6.01. The first-order chi connectivity index (χ1) is 7.66. The standard InChI is InChI=1S/C15H21N/c1-11-5-3-6-12(2)15(11)10-13-7-4-8-14(16)9-13/h3,5-6,10,14H,4,7-9,16H2,1-2H3/b13-10-. The lowest BCUT2D eigenvalue weighted by Crippen LogP contribution is -2.23. The lowest BCUT2D eigenvalue weighted by molar-refractivity contribution is 0.520. The molecule has 1 aliphatic carbocycles. The number of aryl methyl sites for hydroxylation is 2. The fourth-order valence-electron chi connectivity index (χ4n) is 2.52. The van der Waals surface area contributed by atoms with Crippen molar-refractivity contribution in [2.75, 3.05) is 0 Å². The molecule has 1 atom stereocenters. The zero-order valence-electron chi connectivity index (χ0n) is 10.3. The summed E-state index contributed by atoms with van der Waals surface area (Å²) < 4.78 is 0. The zero-order chi connectivity index (χ0) is 11.5. The molecule has 0 heterocycles. The van der Waals surface area contributed by atoms with E-state index in [1.54, 1.807) is 0 Å². The van der Waals surface area contributed by atoms with Crippen LogP contribution in [0.5, 0.6) is 0 Å². The Labute approximate surface area is 98.4 Å². The van der Waals surface area contributed by atoms with E-state index in [9.17, 15) is 0 Å². The van der Waals surface area contributed by atoms with Crippen molar-refractivity contribution in [2.24, 2.45) is 5.73 Å². The molecular weight excluding hydrogens is 194 g/mol. The largest absolute Gasteiger partial charge is 0.327 e. The Morgan fingerprint density at radius 3 is 2.56 bits per heavy atom. The van der Waals surface area contributed by atoms with Gasteiger partial charge in [0.1, 0.15) is 0 Å². The van der Waals surface area contributed by atoms with Gasteiger partial charge in [-0.15, -0.1) is 0 Å². The Bertz CT molecular complexity index is 384. The second-order valence-corrected chi connectivity index (χ2v) is 4.96. The Kier molecular flexibility index (Phi) is 3.45. The van der Waals surface area contributed by atoms with E-state index in [2.05, 4.69) is 38.1 Å². The Morgan fingerprint density at radius 2 is 1.94 bits per heavy atom. The summed E-state index contributed by atoms with van der Waals surface area (Å²) in [6.45, 7) is 4.37. The smallest absolute Gasteiger partial charge is 0.00763 e. The SMILES string of the molecule is Cc1cccc(C)c1/C=C1/CCCC(N)C1. The van der Waals surface area contributed by atoms with Crippen LogP contribution in [0.2, 0.25) is 0 Å². The van der Waals surface area contributed by atoms with Crippen LogP contribution in [0, 0.1) is 13.8 Å². The first-order valence-corrected chi connectivity index (χ1v) is 6.18. The van der Waals surface area contributed by atoms with Crippen LogP contribution >= 0.6 is 0 Å². The number of nitrogens with two attached hydrogens (primary N) is 1. The van der Waals surface area contributed by atoms with E-state index in [1.807, 2.05) is 0 Å². The van der Waals surface area contributed by atoms with E-state index < -0.39 is 0 Å². The zero-order valence-corrected chi connectivity index (χ0v) is 10.3. The van der Waals surface area contributed by atoms with Crippen LogP contribution in [-0.4, -0.2) is 6.04 Å². The van der Waals surface area contributed by atoms with Gasteiger partial charge < -0.3 is 5.73 Å². The summed E-state index contributed by atoms with van der Waals surface area (Å²) in [6, 6.07) is 6.87.